The first-order valence-electron chi connectivity index (χ1n) is 8.79. The van der Waals surface area contributed by atoms with Crippen LogP contribution >= 0.6 is 0 Å². The summed E-state index contributed by atoms with van der Waals surface area (Å²) in [7, 11) is 0. The number of aliphatic hydroxyl groups excluding tert-OH is 1. The normalized spacial score (nSPS) is 55.0. The molecule has 0 radical (unpaired) electrons. The minimum absolute atomic E-state index is 0.0564. The lowest BCUT2D eigenvalue weighted by Crippen LogP contribution is -2.49. The van der Waals surface area contributed by atoms with E-state index < -0.39 is 0 Å². The lowest BCUT2D eigenvalue weighted by Gasteiger charge is -2.55. The Morgan fingerprint density at radius 2 is 1.85 bits per heavy atom. The van der Waals surface area contributed by atoms with Crippen LogP contribution in [0.3, 0.4) is 0 Å². The molecule has 2 heteroatoms. The highest BCUT2D eigenvalue weighted by molar-refractivity contribution is 5.79. The van der Waals surface area contributed by atoms with Gasteiger partial charge in [0, 0.05) is 12.8 Å². The Labute approximate surface area is 122 Å². The standard InChI is InChI=1S/C18H28O2/c1-18-9-8-14-13-5-3-12(19)10-11(13)2-4-15(14)16(18)6-7-17(18)20/h11,13-17,20H,2-10H2,1H3/t11-,13-,14-,15-,16+,17-,18-/m0/s1. The van der Waals surface area contributed by atoms with Gasteiger partial charge in [-0.05, 0) is 80.0 Å². The second kappa shape index (κ2) is 4.56. The maximum Gasteiger partial charge on any atom is 0.133 e. The number of aliphatic hydroxyl groups is 1. The molecule has 0 spiro atoms. The van der Waals surface area contributed by atoms with Crippen LogP contribution in [-0.2, 0) is 4.79 Å². The molecule has 112 valence electrons. The summed E-state index contributed by atoms with van der Waals surface area (Å²) in [6.07, 6.45) is 10.2. The van der Waals surface area contributed by atoms with Crippen LogP contribution < -0.4 is 0 Å². The van der Waals surface area contributed by atoms with Gasteiger partial charge in [0.05, 0.1) is 6.10 Å². The van der Waals surface area contributed by atoms with Crippen LogP contribution in [0.4, 0.5) is 0 Å². The van der Waals surface area contributed by atoms with E-state index in [1.807, 2.05) is 0 Å². The summed E-state index contributed by atoms with van der Waals surface area (Å²) in [6, 6.07) is 0. The molecule has 2 nitrogen and oxygen atoms in total. The van der Waals surface area contributed by atoms with Crippen LogP contribution in [0.15, 0.2) is 0 Å². The molecule has 0 heterocycles. The van der Waals surface area contributed by atoms with Crippen LogP contribution in [0.5, 0.6) is 0 Å². The molecule has 0 aliphatic heterocycles. The number of rotatable bonds is 0. The van der Waals surface area contributed by atoms with E-state index in [2.05, 4.69) is 6.92 Å². The van der Waals surface area contributed by atoms with Crippen molar-refractivity contribution in [1.82, 2.24) is 0 Å². The molecule has 0 aromatic heterocycles. The molecule has 0 aromatic carbocycles. The molecule has 4 saturated carbocycles. The fraction of sp³-hybridized carbons (Fsp3) is 0.944. The Bertz CT molecular complexity index is 418. The van der Waals surface area contributed by atoms with Gasteiger partial charge in [0.15, 0.2) is 0 Å². The molecule has 4 aliphatic carbocycles. The van der Waals surface area contributed by atoms with Crippen LogP contribution in [0.2, 0.25) is 0 Å². The third-order valence-electron chi connectivity index (χ3n) is 7.72. The fourth-order valence-corrected chi connectivity index (χ4v) is 6.63. The molecule has 0 unspecified atom stereocenters. The van der Waals surface area contributed by atoms with E-state index in [0.717, 1.165) is 49.4 Å². The summed E-state index contributed by atoms with van der Waals surface area (Å²) in [5.41, 5.74) is 0.207. The van der Waals surface area contributed by atoms with Gasteiger partial charge < -0.3 is 5.11 Å². The summed E-state index contributed by atoms with van der Waals surface area (Å²) in [5.74, 6) is 4.52. The molecule has 0 bridgehead atoms. The summed E-state index contributed by atoms with van der Waals surface area (Å²) in [5, 5.41) is 10.4. The van der Waals surface area contributed by atoms with Crippen molar-refractivity contribution in [3.8, 4) is 0 Å². The zero-order valence-corrected chi connectivity index (χ0v) is 12.7. The average molecular weight is 276 g/mol. The summed E-state index contributed by atoms with van der Waals surface area (Å²) in [4.78, 5) is 11.7. The molecule has 7 atom stereocenters. The van der Waals surface area contributed by atoms with Gasteiger partial charge in [-0.2, -0.15) is 0 Å². The number of hydrogen-bond donors (Lipinski definition) is 1. The van der Waals surface area contributed by atoms with Crippen molar-refractivity contribution in [2.45, 2.75) is 70.8 Å². The number of carbonyl (C=O) groups excluding carboxylic acids is 1. The Hall–Kier alpha value is -0.370. The molecule has 0 aromatic rings. The molecule has 0 amide bonds. The highest BCUT2D eigenvalue weighted by atomic mass is 16.3. The first kappa shape index (κ1) is 13.3. The summed E-state index contributed by atoms with van der Waals surface area (Å²) >= 11 is 0. The van der Waals surface area contributed by atoms with Crippen molar-refractivity contribution < 1.29 is 9.90 Å². The second-order valence-corrected chi connectivity index (χ2v) is 8.35. The van der Waals surface area contributed by atoms with E-state index in [-0.39, 0.29) is 11.5 Å². The lowest BCUT2D eigenvalue weighted by molar-refractivity contribution is -0.128. The summed E-state index contributed by atoms with van der Waals surface area (Å²) in [6.45, 7) is 2.35. The van der Waals surface area contributed by atoms with Crippen molar-refractivity contribution in [2.24, 2.45) is 35.0 Å². The first-order chi connectivity index (χ1) is 9.59. The van der Waals surface area contributed by atoms with Gasteiger partial charge in [-0.15, -0.1) is 0 Å². The van der Waals surface area contributed by atoms with Crippen LogP contribution in [0.1, 0.15) is 64.7 Å². The molecular formula is C18H28O2. The molecule has 0 saturated heterocycles. The quantitative estimate of drug-likeness (QED) is 0.734. The smallest absolute Gasteiger partial charge is 0.133 e. The minimum Gasteiger partial charge on any atom is -0.393 e. The van der Waals surface area contributed by atoms with Gasteiger partial charge in [-0.3, -0.25) is 4.79 Å². The fourth-order valence-electron chi connectivity index (χ4n) is 6.63. The van der Waals surface area contributed by atoms with Gasteiger partial charge >= 0.3 is 0 Å². The SMILES string of the molecule is C[C@]12CC[C@H]3[C@H]4CCC(=O)C[C@@H]4CC[C@@H]3[C@H]1CC[C@@H]2O. The second-order valence-electron chi connectivity index (χ2n) is 8.35. The molecule has 4 aliphatic rings. The third-order valence-corrected chi connectivity index (χ3v) is 7.72. The van der Waals surface area contributed by atoms with Crippen LogP contribution in [0, 0.1) is 35.0 Å². The van der Waals surface area contributed by atoms with E-state index >= 15 is 0 Å². The minimum atomic E-state index is -0.0564. The largest absolute Gasteiger partial charge is 0.393 e. The monoisotopic (exact) mass is 276 g/mol. The van der Waals surface area contributed by atoms with E-state index in [1.165, 1.54) is 32.1 Å². The van der Waals surface area contributed by atoms with Crippen molar-refractivity contribution in [2.75, 3.05) is 0 Å². The Kier molecular flexibility index (Phi) is 3.03. The zero-order chi connectivity index (χ0) is 13.9. The number of ketones is 1. The van der Waals surface area contributed by atoms with E-state index in [0.29, 0.717) is 11.7 Å². The number of carbonyl (C=O) groups is 1. The maximum absolute atomic E-state index is 11.7. The molecule has 1 N–H and O–H groups in total. The molecule has 20 heavy (non-hydrogen) atoms. The number of fused-ring (bicyclic) bond motifs is 5. The van der Waals surface area contributed by atoms with Gasteiger partial charge in [0.2, 0.25) is 0 Å². The number of hydrogen-bond acceptors (Lipinski definition) is 2. The van der Waals surface area contributed by atoms with Gasteiger partial charge in [-0.25, -0.2) is 0 Å². The highest BCUT2D eigenvalue weighted by Crippen LogP contribution is 2.62. The maximum atomic E-state index is 11.7. The van der Waals surface area contributed by atoms with Crippen molar-refractivity contribution in [3.63, 3.8) is 0 Å². The molecular weight excluding hydrogens is 248 g/mol. The van der Waals surface area contributed by atoms with Gasteiger partial charge in [0.1, 0.15) is 5.78 Å². The lowest BCUT2D eigenvalue weighted by atomic mass is 9.50. The third kappa shape index (κ3) is 1.76. The predicted octanol–water partition coefficient (Wildman–Crippen LogP) is 3.57. The first-order valence-corrected chi connectivity index (χ1v) is 8.79. The van der Waals surface area contributed by atoms with E-state index in [4.69, 9.17) is 0 Å². The topological polar surface area (TPSA) is 37.3 Å². The Morgan fingerprint density at radius 3 is 2.70 bits per heavy atom. The van der Waals surface area contributed by atoms with Crippen molar-refractivity contribution in [3.05, 3.63) is 0 Å². The summed E-state index contributed by atoms with van der Waals surface area (Å²) < 4.78 is 0. The predicted molar refractivity (Wildman–Crippen MR) is 78.1 cm³/mol. The zero-order valence-electron chi connectivity index (χ0n) is 12.7. The Balaban J connectivity index is 1.58. The Morgan fingerprint density at radius 1 is 1.00 bits per heavy atom. The van der Waals surface area contributed by atoms with Crippen LogP contribution in [-0.4, -0.2) is 17.0 Å². The van der Waals surface area contributed by atoms with Crippen molar-refractivity contribution >= 4 is 5.78 Å². The average Bonchev–Trinajstić information content (AvgIpc) is 2.74. The highest BCUT2D eigenvalue weighted by Gasteiger charge is 2.56. The number of Topliss-reactive ketones (excluding diaryl/α,β-unsaturated/α-hetero) is 1. The van der Waals surface area contributed by atoms with Gasteiger partial charge in [-0.1, -0.05) is 6.92 Å². The molecule has 4 rings (SSSR count). The van der Waals surface area contributed by atoms with Crippen LogP contribution in [0.25, 0.3) is 0 Å². The van der Waals surface area contributed by atoms with E-state index in [9.17, 15) is 9.90 Å². The van der Waals surface area contributed by atoms with Gasteiger partial charge in [0.25, 0.3) is 0 Å². The molecule has 4 fully saturated rings. The van der Waals surface area contributed by atoms with E-state index in [1.54, 1.807) is 0 Å². The van der Waals surface area contributed by atoms with Crippen molar-refractivity contribution in [1.29, 1.82) is 0 Å².